The number of pyridine rings is 1. The van der Waals surface area contributed by atoms with E-state index >= 15 is 0 Å². The lowest BCUT2D eigenvalue weighted by Crippen LogP contribution is -2.19. The van der Waals surface area contributed by atoms with E-state index in [0.717, 1.165) is 42.5 Å². The molecule has 8 heteroatoms. The van der Waals surface area contributed by atoms with Crippen LogP contribution >= 0.6 is 0 Å². The molecule has 4 heterocycles. The summed E-state index contributed by atoms with van der Waals surface area (Å²) < 4.78 is 7.66. The summed E-state index contributed by atoms with van der Waals surface area (Å²) in [6, 6.07) is 5.80. The summed E-state index contributed by atoms with van der Waals surface area (Å²) in [7, 11) is 0. The Morgan fingerprint density at radius 3 is 3.21 bits per heavy atom. The van der Waals surface area contributed by atoms with Crippen LogP contribution in [0.4, 0.5) is 5.82 Å². The Hall–Kier alpha value is -2.74. The van der Waals surface area contributed by atoms with Crippen molar-refractivity contribution in [1.29, 1.82) is 0 Å². The van der Waals surface area contributed by atoms with Gasteiger partial charge in [0.25, 0.3) is 5.78 Å². The molecule has 1 fully saturated rings. The van der Waals surface area contributed by atoms with Gasteiger partial charge in [-0.1, -0.05) is 0 Å². The number of hydrogen-bond donors (Lipinski definition) is 2. The molecule has 0 saturated carbocycles. The lowest BCUT2D eigenvalue weighted by molar-refractivity contribution is 0.222. The second-order valence-electron chi connectivity index (χ2n) is 5.82. The summed E-state index contributed by atoms with van der Waals surface area (Å²) in [6.07, 6.45) is 4.55. The normalized spacial score (nSPS) is 17.3. The van der Waals surface area contributed by atoms with E-state index in [1.54, 1.807) is 10.7 Å². The van der Waals surface area contributed by atoms with Crippen LogP contribution in [0.1, 0.15) is 17.8 Å². The van der Waals surface area contributed by atoms with E-state index in [1.165, 1.54) is 6.33 Å². The van der Waals surface area contributed by atoms with E-state index in [0.29, 0.717) is 12.3 Å². The number of nitrogens with one attached hydrogen (secondary N) is 2. The lowest BCUT2D eigenvalue weighted by atomic mass is 10.3. The molecular weight excluding hydrogens is 306 g/mol. The van der Waals surface area contributed by atoms with Crippen molar-refractivity contribution < 1.29 is 4.74 Å². The van der Waals surface area contributed by atoms with Gasteiger partial charge in [0, 0.05) is 30.6 Å². The molecule has 0 aliphatic carbocycles. The zero-order chi connectivity index (χ0) is 16.4. The van der Waals surface area contributed by atoms with E-state index < -0.39 is 0 Å². The molecule has 1 aliphatic heterocycles. The maximum Gasteiger partial charge on any atom is 0.254 e. The van der Waals surface area contributed by atoms with Crippen LogP contribution in [0.3, 0.4) is 0 Å². The number of rotatable bonds is 5. The van der Waals surface area contributed by atoms with Crippen molar-refractivity contribution in [3.8, 4) is 5.75 Å². The highest BCUT2D eigenvalue weighted by molar-refractivity contribution is 5.45. The van der Waals surface area contributed by atoms with Gasteiger partial charge >= 0.3 is 0 Å². The van der Waals surface area contributed by atoms with Crippen LogP contribution in [-0.4, -0.2) is 43.8 Å². The van der Waals surface area contributed by atoms with Crippen molar-refractivity contribution in [3.05, 3.63) is 42.1 Å². The van der Waals surface area contributed by atoms with E-state index in [1.807, 2.05) is 25.1 Å². The fourth-order valence-corrected chi connectivity index (χ4v) is 2.78. The Morgan fingerprint density at radius 1 is 1.38 bits per heavy atom. The van der Waals surface area contributed by atoms with Gasteiger partial charge in [-0.2, -0.15) is 14.6 Å². The monoisotopic (exact) mass is 325 g/mol. The van der Waals surface area contributed by atoms with Gasteiger partial charge in [-0.05, 0) is 26.0 Å². The van der Waals surface area contributed by atoms with Crippen molar-refractivity contribution in [2.45, 2.75) is 26.0 Å². The van der Waals surface area contributed by atoms with E-state index in [4.69, 9.17) is 4.74 Å². The molecule has 24 heavy (non-hydrogen) atoms. The van der Waals surface area contributed by atoms with Crippen LogP contribution in [0, 0.1) is 6.92 Å². The molecule has 1 atom stereocenters. The predicted octanol–water partition coefficient (Wildman–Crippen LogP) is 1.18. The third-order valence-corrected chi connectivity index (χ3v) is 3.94. The molecule has 3 aromatic rings. The highest BCUT2D eigenvalue weighted by atomic mass is 16.5. The van der Waals surface area contributed by atoms with Crippen LogP contribution in [0.5, 0.6) is 5.75 Å². The zero-order valence-electron chi connectivity index (χ0n) is 13.4. The van der Waals surface area contributed by atoms with E-state index in [2.05, 4.69) is 30.7 Å². The van der Waals surface area contributed by atoms with Crippen molar-refractivity contribution in [3.63, 3.8) is 0 Å². The summed E-state index contributed by atoms with van der Waals surface area (Å²) in [4.78, 5) is 12.9. The largest absolute Gasteiger partial charge is 0.489 e. The lowest BCUT2D eigenvalue weighted by Gasteiger charge is -2.13. The molecule has 0 amide bonds. The highest BCUT2D eigenvalue weighted by Gasteiger charge is 2.16. The molecule has 0 aromatic carbocycles. The van der Waals surface area contributed by atoms with Crippen LogP contribution in [-0.2, 0) is 6.54 Å². The van der Waals surface area contributed by atoms with Crippen molar-refractivity contribution in [1.82, 2.24) is 29.9 Å². The first-order valence-electron chi connectivity index (χ1n) is 8.01. The fourth-order valence-electron chi connectivity index (χ4n) is 2.78. The van der Waals surface area contributed by atoms with Gasteiger partial charge in [0.15, 0.2) is 0 Å². The Morgan fingerprint density at radius 2 is 2.33 bits per heavy atom. The summed E-state index contributed by atoms with van der Waals surface area (Å²) in [5.41, 5.74) is 1.79. The number of aryl methyl sites for hydroxylation is 1. The average molecular weight is 325 g/mol. The first-order chi connectivity index (χ1) is 11.8. The molecule has 4 rings (SSSR count). The Balaban J connectivity index is 1.47. The summed E-state index contributed by atoms with van der Waals surface area (Å²) in [5, 5.41) is 10.8. The van der Waals surface area contributed by atoms with E-state index in [-0.39, 0.29) is 6.10 Å². The van der Waals surface area contributed by atoms with Crippen LogP contribution in [0.15, 0.2) is 30.7 Å². The van der Waals surface area contributed by atoms with Gasteiger partial charge in [-0.3, -0.25) is 4.98 Å². The first kappa shape index (κ1) is 14.8. The van der Waals surface area contributed by atoms with Gasteiger partial charge in [0.1, 0.15) is 24.0 Å². The Bertz CT molecular complexity index is 841. The minimum Gasteiger partial charge on any atom is -0.489 e. The highest BCUT2D eigenvalue weighted by Crippen LogP contribution is 2.17. The van der Waals surface area contributed by atoms with Crippen LogP contribution < -0.4 is 15.4 Å². The number of ether oxygens (including phenoxy) is 1. The quantitative estimate of drug-likeness (QED) is 0.728. The standard InChI is InChI=1S/C16H19N7O/c1-11-6-15(23-16(22-11)20-10-21-23)19-8-12-7-13(3-5-18-12)24-14-2-4-17-9-14/h3,5-7,10,14,17,19H,2,4,8-9H2,1H3. The summed E-state index contributed by atoms with van der Waals surface area (Å²) in [6.45, 7) is 4.41. The molecule has 1 saturated heterocycles. The van der Waals surface area contributed by atoms with Crippen molar-refractivity contribution >= 4 is 11.6 Å². The second-order valence-corrected chi connectivity index (χ2v) is 5.82. The molecule has 1 unspecified atom stereocenters. The molecule has 8 nitrogen and oxygen atoms in total. The minimum absolute atomic E-state index is 0.242. The maximum absolute atomic E-state index is 5.98. The Labute approximate surface area is 139 Å². The molecule has 1 aliphatic rings. The number of nitrogens with zero attached hydrogens (tertiary/aromatic N) is 5. The summed E-state index contributed by atoms with van der Waals surface area (Å²) in [5.74, 6) is 2.27. The fraction of sp³-hybridized carbons (Fsp3) is 0.375. The van der Waals surface area contributed by atoms with Gasteiger partial charge in [0.2, 0.25) is 0 Å². The number of anilines is 1. The third kappa shape index (κ3) is 3.13. The van der Waals surface area contributed by atoms with Crippen LogP contribution in [0.25, 0.3) is 5.78 Å². The molecule has 0 radical (unpaired) electrons. The second kappa shape index (κ2) is 6.40. The SMILES string of the molecule is Cc1cc(NCc2cc(OC3CCNC3)ccn2)n2ncnc2n1. The average Bonchev–Trinajstić information content (AvgIpc) is 3.24. The van der Waals surface area contributed by atoms with Crippen molar-refractivity contribution in [2.24, 2.45) is 0 Å². The number of fused-ring (bicyclic) bond motifs is 1. The molecule has 2 N–H and O–H groups in total. The third-order valence-electron chi connectivity index (χ3n) is 3.94. The zero-order valence-corrected chi connectivity index (χ0v) is 13.4. The number of aromatic nitrogens is 5. The molecule has 0 spiro atoms. The van der Waals surface area contributed by atoms with Gasteiger partial charge in [-0.25, -0.2) is 4.98 Å². The van der Waals surface area contributed by atoms with Crippen molar-refractivity contribution in [2.75, 3.05) is 18.4 Å². The Kier molecular flexibility index (Phi) is 3.96. The molecule has 0 bridgehead atoms. The molecule has 124 valence electrons. The summed E-state index contributed by atoms with van der Waals surface area (Å²) >= 11 is 0. The number of hydrogen-bond acceptors (Lipinski definition) is 7. The topological polar surface area (TPSA) is 89.3 Å². The van der Waals surface area contributed by atoms with Gasteiger partial charge in [-0.15, -0.1) is 0 Å². The van der Waals surface area contributed by atoms with Gasteiger partial charge in [0.05, 0.1) is 12.2 Å². The first-order valence-corrected chi connectivity index (χ1v) is 8.01. The predicted molar refractivity (Wildman–Crippen MR) is 89.0 cm³/mol. The smallest absolute Gasteiger partial charge is 0.254 e. The molecular formula is C16H19N7O. The van der Waals surface area contributed by atoms with Gasteiger partial charge < -0.3 is 15.4 Å². The molecule has 3 aromatic heterocycles. The maximum atomic E-state index is 5.98. The van der Waals surface area contributed by atoms with E-state index in [9.17, 15) is 0 Å². The van der Waals surface area contributed by atoms with Crippen LogP contribution in [0.2, 0.25) is 0 Å². The minimum atomic E-state index is 0.242.